The number of benzene rings is 2. The van der Waals surface area contributed by atoms with Crippen LogP contribution >= 0.6 is 11.6 Å². The summed E-state index contributed by atoms with van der Waals surface area (Å²) in [4.78, 5) is 0. The molecule has 0 aromatic heterocycles. The van der Waals surface area contributed by atoms with Gasteiger partial charge in [0, 0.05) is 0 Å². The zero-order valence-electron chi connectivity index (χ0n) is 10.3. The van der Waals surface area contributed by atoms with Crippen molar-refractivity contribution in [1.29, 1.82) is 5.26 Å². The van der Waals surface area contributed by atoms with Crippen molar-refractivity contribution < 1.29 is 0 Å². The van der Waals surface area contributed by atoms with Crippen molar-refractivity contribution in [3.8, 4) is 6.07 Å². The third-order valence-corrected chi connectivity index (χ3v) is 3.09. The van der Waals surface area contributed by atoms with Gasteiger partial charge in [0.2, 0.25) is 0 Å². The van der Waals surface area contributed by atoms with E-state index in [1.54, 1.807) is 0 Å². The second-order valence-electron chi connectivity index (χ2n) is 4.22. The standard InChI is InChI=1S/C15H13ClN2/c1-10-6-7-12(9-17)14(8-10)18-15-11(2)4-3-5-13(15)16/h3-8,18H,1-2H3. The molecule has 0 bridgehead atoms. The lowest BCUT2D eigenvalue weighted by atomic mass is 10.1. The van der Waals surface area contributed by atoms with E-state index in [2.05, 4.69) is 11.4 Å². The van der Waals surface area contributed by atoms with Crippen LogP contribution in [0.5, 0.6) is 0 Å². The topological polar surface area (TPSA) is 35.8 Å². The lowest BCUT2D eigenvalue weighted by Gasteiger charge is -2.13. The first-order valence-corrected chi connectivity index (χ1v) is 6.02. The molecule has 0 saturated carbocycles. The van der Waals surface area contributed by atoms with Crippen molar-refractivity contribution in [1.82, 2.24) is 0 Å². The van der Waals surface area contributed by atoms with Crippen LogP contribution in [0, 0.1) is 25.2 Å². The molecule has 0 unspecified atom stereocenters. The molecule has 0 amide bonds. The van der Waals surface area contributed by atoms with Gasteiger partial charge in [0.25, 0.3) is 0 Å². The second-order valence-corrected chi connectivity index (χ2v) is 4.62. The Morgan fingerprint density at radius 1 is 1.17 bits per heavy atom. The fraction of sp³-hybridized carbons (Fsp3) is 0.133. The van der Waals surface area contributed by atoms with Gasteiger partial charge in [-0.15, -0.1) is 0 Å². The fourth-order valence-corrected chi connectivity index (χ4v) is 2.05. The van der Waals surface area contributed by atoms with E-state index in [4.69, 9.17) is 16.9 Å². The number of anilines is 2. The minimum atomic E-state index is 0.611. The maximum Gasteiger partial charge on any atom is 0.101 e. The normalized spacial score (nSPS) is 9.89. The Balaban J connectivity index is 2.46. The first kappa shape index (κ1) is 12.5. The number of nitrogens with one attached hydrogen (secondary N) is 1. The van der Waals surface area contributed by atoms with Crippen LogP contribution in [0.4, 0.5) is 11.4 Å². The highest BCUT2D eigenvalue weighted by molar-refractivity contribution is 6.33. The lowest BCUT2D eigenvalue weighted by molar-refractivity contribution is 1.38. The predicted molar refractivity (Wildman–Crippen MR) is 75.4 cm³/mol. The van der Waals surface area contributed by atoms with E-state index < -0.39 is 0 Å². The number of rotatable bonds is 2. The monoisotopic (exact) mass is 256 g/mol. The number of nitriles is 1. The van der Waals surface area contributed by atoms with Gasteiger partial charge in [0.1, 0.15) is 6.07 Å². The smallest absolute Gasteiger partial charge is 0.101 e. The quantitative estimate of drug-likeness (QED) is 0.854. The average molecular weight is 257 g/mol. The molecule has 0 aliphatic rings. The summed E-state index contributed by atoms with van der Waals surface area (Å²) in [6, 6.07) is 13.6. The number of nitrogens with zero attached hydrogens (tertiary/aromatic N) is 1. The molecule has 0 atom stereocenters. The van der Waals surface area contributed by atoms with Gasteiger partial charge in [-0.2, -0.15) is 5.26 Å². The Kier molecular flexibility index (Phi) is 3.55. The Bertz CT molecular complexity index is 607. The third kappa shape index (κ3) is 2.47. The van der Waals surface area contributed by atoms with Crippen LogP contribution in [0.1, 0.15) is 16.7 Å². The molecule has 0 spiro atoms. The predicted octanol–water partition coefficient (Wildman–Crippen LogP) is 4.57. The SMILES string of the molecule is Cc1ccc(C#N)c(Nc2c(C)cccc2Cl)c1. The van der Waals surface area contributed by atoms with Crippen molar-refractivity contribution in [2.24, 2.45) is 0 Å². The molecule has 0 saturated heterocycles. The summed E-state index contributed by atoms with van der Waals surface area (Å²) in [5.74, 6) is 0. The van der Waals surface area contributed by atoms with Gasteiger partial charge in [0.05, 0.1) is 22.0 Å². The molecule has 18 heavy (non-hydrogen) atoms. The molecule has 0 radical (unpaired) electrons. The molecule has 90 valence electrons. The minimum Gasteiger partial charge on any atom is -0.353 e. The van der Waals surface area contributed by atoms with E-state index in [1.807, 2.05) is 50.2 Å². The summed E-state index contributed by atoms with van der Waals surface area (Å²) in [6.07, 6.45) is 0. The van der Waals surface area contributed by atoms with Gasteiger partial charge in [-0.3, -0.25) is 0 Å². The summed E-state index contributed by atoms with van der Waals surface area (Å²) in [6.45, 7) is 3.97. The van der Waals surface area contributed by atoms with Gasteiger partial charge in [0.15, 0.2) is 0 Å². The highest BCUT2D eigenvalue weighted by Crippen LogP contribution is 2.30. The summed E-state index contributed by atoms with van der Waals surface area (Å²) in [5.41, 5.74) is 4.39. The summed E-state index contributed by atoms with van der Waals surface area (Å²) < 4.78 is 0. The molecule has 2 rings (SSSR count). The molecular weight excluding hydrogens is 244 g/mol. The van der Waals surface area contributed by atoms with Crippen molar-refractivity contribution >= 4 is 23.0 Å². The van der Waals surface area contributed by atoms with Crippen LogP contribution in [0.2, 0.25) is 5.02 Å². The van der Waals surface area contributed by atoms with E-state index in [-0.39, 0.29) is 0 Å². The number of aryl methyl sites for hydroxylation is 2. The molecule has 0 fully saturated rings. The van der Waals surface area contributed by atoms with Gasteiger partial charge in [-0.1, -0.05) is 29.8 Å². The van der Waals surface area contributed by atoms with Crippen LogP contribution < -0.4 is 5.32 Å². The first-order chi connectivity index (χ1) is 8.61. The summed E-state index contributed by atoms with van der Waals surface area (Å²) in [7, 11) is 0. The highest BCUT2D eigenvalue weighted by Gasteiger charge is 2.07. The Labute approximate surface area is 112 Å². The number of hydrogen-bond acceptors (Lipinski definition) is 2. The van der Waals surface area contributed by atoms with Crippen molar-refractivity contribution in [2.45, 2.75) is 13.8 Å². The molecule has 2 aromatic rings. The van der Waals surface area contributed by atoms with E-state index in [1.165, 1.54) is 0 Å². The largest absolute Gasteiger partial charge is 0.353 e. The molecule has 0 aliphatic carbocycles. The van der Waals surface area contributed by atoms with Gasteiger partial charge < -0.3 is 5.32 Å². The maximum atomic E-state index is 9.10. The van der Waals surface area contributed by atoms with Gasteiger partial charge in [-0.25, -0.2) is 0 Å². The number of hydrogen-bond donors (Lipinski definition) is 1. The van der Waals surface area contributed by atoms with Crippen LogP contribution in [0.3, 0.4) is 0 Å². The first-order valence-electron chi connectivity index (χ1n) is 5.64. The van der Waals surface area contributed by atoms with E-state index >= 15 is 0 Å². The molecule has 3 heteroatoms. The molecule has 2 aromatic carbocycles. The van der Waals surface area contributed by atoms with Gasteiger partial charge >= 0.3 is 0 Å². The lowest BCUT2D eigenvalue weighted by Crippen LogP contribution is -1.97. The summed E-state index contributed by atoms with van der Waals surface area (Å²) >= 11 is 6.17. The molecule has 0 heterocycles. The van der Waals surface area contributed by atoms with E-state index in [9.17, 15) is 0 Å². The van der Waals surface area contributed by atoms with E-state index in [0.717, 1.165) is 22.5 Å². The molecule has 2 nitrogen and oxygen atoms in total. The Morgan fingerprint density at radius 2 is 1.94 bits per heavy atom. The zero-order chi connectivity index (χ0) is 13.1. The molecule has 0 aliphatic heterocycles. The van der Waals surface area contributed by atoms with Gasteiger partial charge in [-0.05, 0) is 43.2 Å². The fourth-order valence-electron chi connectivity index (χ4n) is 1.78. The van der Waals surface area contributed by atoms with Crippen LogP contribution in [0.25, 0.3) is 0 Å². The van der Waals surface area contributed by atoms with Crippen molar-refractivity contribution in [2.75, 3.05) is 5.32 Å². The van der Waals surface area contributed by atoms with Crippen molar-refractivity contribution in [3.05, 3.63) is 58.1 Å². The minimum absolute atomic E-state index is 0.611. The second kappa shape index (κ2) is 5.12. The Morgan fingerprint density at radius 3 is 2.61 bits per heavy atom. The van der Waals surface area contributed by atoms with Crippen LogP contribution in [-0.4, -0.2) is 0 Å². The number of halogens is 1. The van der Waals surface area contributed by atoms with Crippen LogP contribution in [0.15, 0.2) is 36.4 Å². The van der Waals surface area contributed by atoms with Crippen molar-refractivity contribution in [3.63, 3.8) is 0 Å². The highest BCUT2D eigenvalue weighted by atomic mass is 35.5. The summed E-state index contributed by atoms with van der Waals surface area (Å²) in [5, 5.41) is 13.0. The van der Waals surface area contributed by atoms with E-state index in [0.29, 0.717) is 10.6 Å². The van der Waals surface area contributed by atoms with Crippen LogP contribution in [-0.2, 0) is 0 Å². The average Bonchev–Trinajstić information content (AvgIpc) is 2.34. The third-order valence-electron chi connectivity index (χ3n) is 2.78. The Hall–Kier alpha value is -1.98. The molecular formula is C15H13ClN2. The number of para-hydroxylation sites is 1. The zero-order valence-corrected chi connectivity index (χ0v) is 11.0. The maximum absolute atomic E-state index is 9.10. The molecule has 1 N–H and O–H groups in total.